The van der Waals surface area contributed by atoms with Gasteiger partial charge in [0.2, 0.25) is 0 Å². The molecule has 2 aliphatic carbocycles. The number of nitrogens with zero attached hydrogens (tertiary/aromatic N) is 2. The van der Waals surface area contributed by atoms with Crippen LogP contribution in [0.1, 0.15) is 22.3 Å². The van der Waals surface area contributed by atoms with Gasteiger partial charge in [-0.3, -0.25) is 0 Å². The van der Waals surface area contributed by atoms with E-state index in [0.717, 1.165) is 16.9 Å². The summed E-state index contributed by atoms with van der Waals surface area (Å²) in [6.45, 7) is 0. The zero-order chi connectivity index (χ0) is 31.4. The van der Waals surface area contributed by atoms with Gasteiger partial charge in [0.05, 0.1) is 11.1 Å². The molecule has 0 bridgehead atoms. The fourth-order valence-corrected chi connectivity index (χ4v) is 8.81. The summed E-state index contributed by atoms with van der Waals surface area (Å²) in [5.74, 6) is 0. The van der Waals surface area contributed by atoms with E-state index in [1.807, 2.05) is 24.4 Å². The third-order valence-corrected chi connectivity index (χ3v) is 10.8. The Morgan fingerprint density at radius 1 is 0.438 bits per heavy atom. The molecule has 1 spiro atoms. The van der Waals surface area contributed by atoms with Crippen LogP contribution in [-0.2, 0) is 5.41 Å². The van der Waals surface area contributed by atoms with Crippen molar-refractivity contribution in [2.45, 2.75) is 5.41 Å². The summed E-state index contributed by atoms with van der Waals surface area (Å²) in [5, 5.41) is 5.11. The van der Waals surface area contributed by atoms with Gasteiger partial charge in [0, 0.05) is 18.0 Å². The van der Waals surface area contributed by atoms with Gasteiger partial charge < -0.3 is 4.40 Å². The Balaban J connectivity index is 1.22. The molecule has 0 N–H and O–H groups in total. The summed E-state index contributed by atoms with van der Waals surface area (Å²) in [4.78, 5) is 4.88. The molecule has 2 aromatic heterocycles. The quantitative estimate of drug-likeness (QED) is 0.191. The van der Waals surface area contributed by atoms with E-state index in [-0.39, 0.29) is 0 Å². The molecule has 0 saturated carbocycles. The van der Waals surface area contributed by atoms with E-state index in [1.165, 1.54) is 77.2 Å². The van der Waals surface area contributed by atoms with Gasteiger partial charge in [-0.25, -0.2) is 4.98 Å². The Kier molecular flexibility index (Phi) is 5.07. The number of imidazole rings is 1. The maximum Gasteiger partial charge on any atom is 0.137 e. The number of rotatable bonds is 2. The van der Waals surface area contributed by atoms with Crippen molar-refractivity contribution in [3.63, 3.8) is 0 Å². The van der Waals surface area contributed by atoms with E-state index >= 15 is 0 Å². The van der Waals surface area contributed by atoms with Crippen molar-refractivity contribution in [1.82, 2.24) is 9.38 Å². The van der Waals surface area contributed by atoms with Gasteiger partial charge in [0.1, 0.15) is 5.65 Å². The SMILES string of the molecule is c1ccc2c(c1)-c1ccccc1C21c2cc3ccccc3cc2-c2c1cc(-c1ccc(-c3cn4ccccc4n3)cc1)c1ccccc21. The molecule has 0 amide bonds. The molecule has 0 radical (unpaired) electrons. The molecule has 11 rings (SSSR count). The minimum Gasteiger partial charge on any atom is -0.306 e. The molecule has 2 nitrogen and oxygen atoms in total. The summed E-state index contributed by atoms with van der Waals surface area (Å²) in [6.07, 6.45) is 4.15. The first-order valence-electron chi connectivity index (χ1n) is 16.6. The minimum atomic E-state index is -0.419. The molecule has 2 heterocycles. The van der Waals surface area contributed by atoms with Crippen molar-refractivity contribution < 1.29 is 0 Å². The molecular weight excluding hydrogens is 581 g/mol. The molecule has 0 fully saturated rings. The zero-order valence-corrected chi connectivity index (χ0v) is 26.1. The Morgan fingerprint density at radius 3 is 1.81 bits per heavy atom. The van der Waals surface area contributed by atoms with Crippen molar-refractivity contribution in [1.29, 1.82) is 0 Å². The number of fused-ring (bicyclic) bond motifs is 14. The molecule has 0 aliphatic heterocycles. The maximum atomic E-state index is 4.88. The topological polar surface area (TPSA) is 17.3 Å². The second-order valence-electron chi connectivity index (χ2n) is 13.1. The predicted octanol–water partition coefficient (Wildman–Crippen LogP) is 11.3. The molecule has 48 heavy (non-hydrogen) atoms. The van der Waals surface area contributed by atoms with Gasteiger partial charge in [-0.15, -0.1) is 0 Å². The number of aromatic nitrogens is 2. The van der Waals surface area contributed by atoms with Crippen LogP contribution in [0.2, 0.25) is 0 Å². The molecule has 222 valence electrons. The van der Waals surface area contributed by atoms with Crippen molar-refractivity contribution in [2.75, 3.05) is 0 Å². The third-order valence-electron chi connectivity index (χ3n) is 10.8. The lowest BCUT2D eigenvalue weighted by Crippen LogP contribution is -2.26. The van der Waals surface area contributed by atoms with Gasteiger partial charge in [-0.2, -0.15) is 0 Å². The van der Waals surface area contributed by atoms with Crippen molar-refractivity contribution in [3.8, 4) is 44.6 Å². The number of hydrogen-bond acceptors (Lipinski definition) is 1. The molecule has 0 atom stereocenters. The van der Waals surface area contributed by atoms with E-state index < -0.39 is 5.41 Å². The van der Waals surface area contributed by atoms with E-state index in [1.54, 1.807) is 0 Å². The molecule has 9 aromatic rings. The summed E-state index contributed by atoms with van der Waals surface area (Å²) >= 11 is 0. The first-order chi connectivity index (χ1) is 23.8. The fourth-order valence-electron chi connectivity index (χ4n) is 8.81. The largest absolute Gasteiger partial charge is 0.306 e. The van der Waals surface area contributed by atoms with E-state index in [0.29, 0.717) is 0 Å². The van der Waals surface area contributed by atoms with E-state index in [4.69, 9.17) is 4.98 Å². The lowest BCUT2D eigenvalue weighted by atomic mass is 9.69. The van der Waals surface area contributed by atoms with E-state index in [2.05, 4.69) is 150 Å². The van der Waals surface area contributed by atoms with Crippen LogP contribution in [0.5, 0.6) is 0 Å². The molecule has 7 aromatic carbocycles. The zero-order valence-electron chi connectivity index (χ0n) is 26.1. The van der Waals surface area contributed by atoms with Crippen LogP contribution in [0.25, 0.3) is 71.8 Å². The Bertz CT molecular complexity index is 2700. The number of pyridine rings is 1. The van der Waals surface area contributed by atoms with E-state index in [9.17, 15) is 0 Å². The smallest absolute Gasteiger partial charge is 0.137 e. The first kappa shape index (κ1) is 25.9. The summed E-state index contributed by atoms with van der Waals surface area (Å²) in [5.41, 5.74) is 15.9. The maximum absolute atomic E-state index is 4.88. The summed E-state index contributed by atoms with van der Waals surface area (Å²) < 4.78 is 2.08. The van der Waals surface area contributed by atoms with Gasteiger partial charge in [0.25, 0.3) is 0 Å². The summed E-state index contributed by atoms with van der Waals surface area (Å²) in [7, 11) is 0. The van der Waals surface area contributed by atoms with Crippen LogP contribution in [0, 0.1) is 0 Å². The molecule has 0 saturated heterocycles. The van der Waals surface area contributed by atoms with Crippen molar-refractivity contribution >= 4 is 27.2 Å². The van der Waals surface area contributed by atoms with Crippen LogP contribution >= 0.6 is 0 Å². The van der Waals surface area contributed by atoms with Crippen molar-refractivity contribution in [2.24, 2.45) is 0 Å². The van der Waals surface area contributed by atoms with Crippen LogP contribution in [0.3, 0.4) is 0 Å². The van der Waals surface area contributed by atoms with Crippen LogP contribution in [0.4, 0.5) is 0 Å². The second-order valence-corrected chi connectivity index (χ2v) is 13.1. The lowest BCUT2D eigenvalue weighted by Gasteiger charge is -2.31. The Labute approximate surface area is 278 Å². The minimum absolute atomic E-state index is 0.419. The Hall–Kier alpha value is -6.25. The van der Waals surface area contributed by atoms with Gasteiger partial charge in [-0.05, 0) is 108 Å². The highest BCUT2D eigenvalue weighted by molar-refractivity contribution is 6.12. The van der Waals surface area contributed by atoms with Crippen LogP contribution in [-0.4, -0.2) is 9.38 Å². The molecule has 2 aliphatic rings. The lowest BCUT2D eigenvalue weighted by molar-refractivity contribution is 0.796. The second kappa shape index (κ2) is 9.40. The third kappa shape index (κ3) is 3.29. The van der Waals surface area contributed by atoms with Gasteiger partial charge >= 0.3 is 0 Å². The van der Waals surface area contributed by atoms with Gasteiger partial charge in [0.15, 0.2) is 0 Å². The normalized spacial score (nSPS) is 13.6. The standard InChI is InChI=1S/C46H28N2/c1-2-12-32-26-41-38(25-31(32)11-1)45-36-16-4-3-13-33(36)37(29-20-22-30(23-21-29)43-28-48-24-10-9-19-44(48)47-43)27-42(45)46(41)39-17-7-5-14-34(39)35-15-6-8-18-40(35)46/h1-28H. The highest BCUT2D eigenvalue weighted by atomic mass is 15.0. The number of hydrogen-bond donors (Lipinski definition) is 0. The molecule has 2 heteroatoms. The first-order valence-corrected chi connectivity index (χ1v) is 16.6. The molecule has 0 unspecified atom stereocenters. The average Bonchev–Trinajstić information content (AvgIpc) is 3.80. The van der Waals surface area contributed by atoms with Crippen LogP contribution < -0.4 is 0 Å². The monoisotopic (exact) mass is 608 g/mol. The highest BCUT2D eigenvalue weighted by Gasteiger charge is 2.52. The molecular formula is C46H28N2. The Morgan fingerprint density at radius 2 is 1.06 bits per heavy atom. The van der Waals surface area contributed by atoms with Crippen LogP contribution in [0.15, 0.2) is 170 Å². The predicted molar refractivity (Wildman–Crippen MR) is 197 cm³/mol. The number of benzene rings is 7. The van der Waals surface area contributed by atoms with Crippen molar-refractivity contribution in [3.05, 3.63) is 192 Å². The highest BCUT2D eigenvalue weighted by Crippen LogP contribution is 2.64. The summed E-state index contributed by atoms with van der Waals surface area (Å²) in [6, 6.07) is 58.5. The average molecular weight is 609 g/mol. The van der Waals surface area contributed by atoms with Gasteiger partial charge in [-0.1, -0.05) is 127 Å². The fraction of sp³-hybridized carbons (Fsp3) is 0.0217.